The van der Waals surface area contributed by atoms with Gasteiger partial charge in [-0.05, 0) is 24.6 Å². The van der Waals surface area contributed by atoms with E-state index >= 15 is 0 Å². The first-order valence-electron chi connectivity index (χ1n) is 11.9. The maximum Gasteiger partial charge on any atom is 0.416 e. The van der Waals surface area contributed by atoms with Crippen molar-refractivity contribution in [1.29, 1.82) is 0 Å². The second kappa shape index (κ2) is 10.9. The van der Waals surface area contributed by atoms with Gasteiger partial charge >= 0.3 is 6.18 Å². The lowest BCUT2D eigenvalue weighted by atomic mass is 10.0. The van der Waals surface area contributed by atoms with E-state index in [1.807, 2.05) is 61.5 Å². The molecule has 2 heterocycles. The van der Waals surface area contributed by atoms with Gasteiger partial charge in [0.25, 0.3) is 0 Å². The Morgan fingerprint density at radius 1 is 0.947 bits per heavy atom. The largest absolute Gasteiger partial charge is 0.416 e. The van der Waals surface area contributed by atoms with E-state index in [4.69, 9.17) is 0 Å². The standard InChI is InChI=1S/C28H24F4N4O.ClH/c1-18-17-35(25(37)15-20-11-12-21(29)16-24(20)28(30,31)32)13-14-36(18)27-23-10-6-5-9-22(23)26(33-34-27)19-7-3-2-4-8-19;/h2-12,16,18H,13-15,17H2,1H3;1H/t18-;/m0./s1. The van der Waals surface area contributed by atoms with Crippen molar-refractivity contribution in [2.75, 3.05) is 24.5 Å². The fraction of sp³-hybridized carbons (Fsp3) is 0.250. The van der Waals surface area contributed by atoms with E-state index in [2.05, 4.69) is 15.1 Å². The van der Waals surface area contributed by atoms with Gasteiger partial charge in [-0.2, -0.15) is 13.2 Å². The number of carbonyl (C=O) groups is 1. The Bertz CT molecular complexity index is 1450. The number of carbonyl (C=O) groups excluding carboxylic acids is 1. The Kier molecular flexibility index (Phi) is 7.87. The molecule has 0 spiro atoms. The molecule has 1 amide bonds. The molecule has 5 rings (SSSR count). The van der Waals surface area contributed by atoms with Crippen molar-refractivity contribution in [1.82, 2.24) is 15.1 Å². The number of hydrogen-bond acceptors (Lipinski definition) is 4. The van der Waals surface area contributed by atoms with Gasteiger partial charge < -0.3 is 9.80 Å². The Hall–Kier alpha value is -3.72. The molecule has 1 saturated heterocycles. The number of anilines is 1. The molecule has 198 valence electrons. The Morgan fingerprint density at radius 3 is 2.32 bits per heavy atom. The van der Waals surface area contributed by atoms with Gasteiger partial charge in [0.15, 0.2) is 5.82 Å². The molecule has 1 atom stereocenters. The summed E-state index contributed by atoms with van der Waals surface area (Å²) in [6.07, 6.45) is -5.19. The van der Waals surface area contributed by atoms with Crippen LogP contribution in [0.2, 0.25) is 0 Å². The zero-order valence-corrected chi connectivity index (χ0v) is 21.3. The predicted molar refractivity (Wildman–Crippen MR) is 141 cm³/mol. The molecule has 0 unspecified atom stereocenters. The third-order valence-corrected chi connectivity index (χ3v) is 6.69. The van der Waals surface area contributed by atoms with Crippen molar-refractivity contribution >= 4 is 34.9 Å². The highest BCUT2D eigenvalue weighted by Gasteiger charge is 2.35. The van der Waals surface area contributed by atoms with Gasteiger partial charge in [-0.3, -0.25) is 4.79 Å². The maximum atomic E-state index is 13.4. The third kappa shape index (κ3) is 5.43. The van der Waals surface area contributed by atoms with Gasteiger partial charge in [0, 0.05) is 42.0 Å². The highest BCUT2D eigenvalue weighted by Crippen LogP contribution is 2.34. The monoisotopic (exact) mass is 544 g/mol. The van der Waals surface area contributed by atoms with Gasteiger partial charge in [0.05, 0.1) is 12.0 Å². The van der Waals surface area contributed by atoms with Crippen molar-refractivity contribution in [2.24, 2.45) is 0 Å². The zero-order chi connectivity index (χ0) is 26.2. The summed E-state index contributed by atoms with van der Waals surface area (Å²) in [6, 6.07) is 19.9. The molecule has 0 saturated carbocycles. The van der Waals surface area contributed by atoms with Crippen LogP contribution in [0.1, 0.15) is 18.1 Å². The quantitative estimate of drug-likeness (QED) is 0.289. The van der Waals surface area contributed by atoms with E-state index in [-0.39, 0.29) is 24.0 Å². The number of alkyl halides is 3. The van der Waals surface area contributed by atoms with Crippen molar-refractivity contribution in [2.45, 2.75) is 25.6 Å². The molecule has 5 nitrogen and oxygen atoms in total. The van der Waals surface area contributed by atoms with Crippen molar-refractivity contribution in [3.8, 4) is 11.3 Å². The van der Waals surface area contributed by atoms with Gasteiger partial charge in [0.1, 0.15) is 11.5 Å². The second-order valence-electron chi connectivity index (χ2n) is 9.14. The molecule has 10 heteroatoms. The van der Waals surface area contributed by atoms with Gasteiger partial charge in [-0.15, -0.1) is 22.6 Å². The summed E-state index contributed by atoms with van der Waals surface area (Å²) < 4.78 is 53.6. The fourth-order valence-corrected chi connectivity index (χ4v) is 4.85. The molecule has 3 aromatic carbocycles. The minimum atomic E-state index is -4.74. The number of rotatable bonds is 4. The molecule has 4 aromatic rings. The van der Waals surface area contributed by atoms with Crippen LogP contribution in [-0.2, 0) is 17.4 Å². The van der Waals surface area contributed by atoms with Crippen LogP contribution in [0.3, 0.4) is 0 Å². The van der Waals surface area contributed by atoms with E-state index < -0.39 is 29.9 Å². The van der Waals surface area contributed by atoms with E-state index in [0.29, 0.717) is 31.5 Å². The molecule has 0 N–H and O–H groups in total. The Morgan fingerprint density at radius 2 is 1.63 bits per heavy atom. The molecular formula is C28H25ClF4N4O. The number of hydrogen-bond donors (Lipinski definition) is 0. The first-order valence-corrected chi connectivity index (χ1v) is 11.9. The average molecular weight is 545 g/mol. The molecule has 1 aliphatic heterocycles. The lowest BCUT2D eigenvalue weighted by molar-refractivity contribution is -0.139. The summed E-state index contributed by atoms with van der Waals surface area (Å²) in [7, 11) is 0. The highest BCUT2D eigenvalue weighted by molar-refractivity contribution is 6.00. The summed E-state index contributed by atoms with van der Waals surface area (Å²) in [5.41, 5.74) is 0.386. The zero-order valence-electron chi connectivity index (χ0n) is 20.5. The van der Waals surface area contributed by atoms with Gasteiger partial charge in [-0.25, -0.2) is 4.39 Å². The molecule has 0 bridgehead atoms. The second-order valence-corrected chi connectivity index (χ2v) is 9.14. The van der Waals surface area contributed by atoms with Crippen LogP contribution in [-0.4, -0.2) is 46.7 Å². The smallest absolute Gasteiger partial charge is 0.348 e. The number of nitrogens with zero attached hydrogens (tertiary/aromatic N) is 4. The fourth-order valence-electron chi connectivity index (χ4n) is 4.85. The first kappa shape index (κ1) is 27.3. The number of benzene rings is 3. The van der Waals surface area contributed by atoms with Crippen molar-refractivity contribution in [3.63, 3.8) is 0 Å². The van der Waals surface area contributed by atoms with E-state index in [1.54, 1.807) is 4.90 Å². The number of halogens is 5. The first-order chi connectivity index (χ1) is 17.7. The van der Waals surface area contributed by atoms with Gasteiger partial charge in [0.2, 0.25) is 5.91 Å². The SMILES string of the molecule is C[C@H]1CN(C(=O)Cc2ccc(F)cc2C(F)(F)F)CCN1c1nnc(-c2ccccc2)c2ccccc12.Cl. The molecule has 38 heavy (non-hydrogen) atoms. The van der Waals surface area contributed by atoms with Crippen LogP contribution >= 0.6 is 12.4 Å². The normalized spacial score (nSPS) is 15.9. The van der Waals surface area contributed by atoms with Crippen molar-refractivity contribution < 1.29 is 22.4 Å². The molecule has 0 radical (unpaired) electrons. The number of aromatic nitrogens is 2. The summed E-state index contributed by atoms with van der Waals surface area (Å²) in [6.45, 7) is 3.03. The molecule has 0 aliphatic carbocycles. The van der Waals surface area contributed by atoms with Crippen LogP contribution < -0.4 is 4.90 Å². The predicted octanol–water partition coefficient (Wildman–Crippen LogP) is 6.16. The Balaban J connectivity index is 0.00000336. The minimum absolute atomic E-state index is 0. The van der Waals surface area contributed by atoms with E-state index in [0.717, 1.165) is 34.2 Å². The Labute approximate surface area is 223 Å². The van der Waals surface area contributed by atoms with Crippen LogP contribution in [0.5, 0.6) is 0 Å². The molecule has 1 aliphatic rings. The third-order valence-electron chi connectivity index (χ3n) is 6.69. The lowest BCUT2D eigenvalue weighted by Gasteiger charge is -2.41. The molecular weight excluding hydrogens is 520 g/mol. The number of fused-ring (bicyclic) bond motifs is 1. The molecule has 1 aromatic heterocycles. The topological polar surface area (TPSA) is 49.3 Å². The summed E-state index contributed by atoms with van der Waals surface area (Å²) >= 11 is 0. The summed E-state index contributed by atoms with van der Waals surface area (Å²) in [4.78, 5) is 16.6. The average Bonchev–Trinajstić information content (AvgIpc) is 2.89. The summed E-state index contributed by atoms with van der Waals surface area (Å²) in [5, 5.41) is 11.0. The van der Waals surface area contributed by atoms with Crippen LogP contribution in [0, 0.1) is 5.82 Å². The van der Waals surface area contributed by atoms with Gasteiger partial charge in [-0.1, -0.05) is 60.7 Å². The van der Waals surface area contributed by atoms with Crippen LogP contribution in [0.15, 0.2) is 72.8 Å². The van der Waals surface area contributed by atoms with Crippen molar-refractivity contribution in [3.05, 3.63) is 89.7 Å². The maximum absolute atomic E-state index is 13.4. The van der Waals surface area contributed by atoms with Crippen LogP contribution in [0.25, 0.3) is 22.0 Å². The number of amides is 1. The summed E-state index contributed by atoms with van der Waals surface area (Å²) in [5.74, 6) is -0.718. The lowest BCUT2D eigenvalue weighted by Crippen LogP contribution is -2.54. The number of piperazine rings is 1. The van der Waals surface area contributed by atoms with E-state index in [1.165, 1.54) is 0 Å². The van der Waals surface area contributed by atoms with E-state index in [9.17, 15) is 22.4 Å². The molecule has 1 fully saturated rings. The minimum Gasteiger partial charge on any atom is -0.348 e. The van der Waals surface area contributed by atoms with Crippen LogP contribution in [0.4, 0.5) is 23.4 Å². The highest BCUT2D eigenvalue weighted by atomic mass is 35.5.